The SMILES string of the molecule is Fc1cc(F)c(C2CC2(F)F)c(C2OCCO2)c1. The van der Waals surface area contributed by atoms with E-state index in [1.165, 1.54) is 0 Å². The summed E-state index contributed by atoms with van der Waals surface area (Å²) in [6, 6.07) is 1.62. The topological polar surface area (TPSA) is 18.5 Å². The Hall–Kier alpha value is -1.14. The average molecular weight is 262 g/mol. The van der Waals surface area contributed by atoms with Crippen molar-refractivity contribution in [2.45, 2.75) is 24.6 Å². The lowest BCUT2D eigenvalue weighted by Crippen LogP contribution is -2.08. The Morgan fingerprint density at radius 3 is 2.28 bits per heavy atom. The summed E-state index contributed by atoms with van der Waals surface area (Å²) in [6.45, 7) is 0.562. The molecule has 3 rings (SSSR count). The Morgan fingerprint density at radius 2 is 1.72 bits per heavy atom. The monoisotopic (exact) mass is 262 g/mol. The molecule has 98 valence electrons. The van der Waals surface area contributed by atoms with Crippen LogP contribution in [-0.4, -0.2) is 19.1 Å². The number of halogens is 4. The van der Waals surface area contributed by atoms with Crippen molar-refractivity contribution < 1.29 is 27.0 Å². The molecule has 0 N–H and O–H groups in total. The van der Waals surface area contributed by atoms with E-state index in [1.807, 2.05) is 0 Å². The molecule has 18 heavy (non-hydrogen) atoms. The second kappa shape index (κ2) is 3.93. The first-order chi connectivity index (χ1) is 8.49. The van der Waals surface area contributed by atoms with Crippen LogP contribution in [0, 0.1) is 11.6 Å². The smallest absolute Gasteiger partial charge is 0.256 e. The molecule has 1 aromatic carbocycles. The maximum atomic E-state index is 13.7. The van der Waals surface area contributed by atoms with Crippen LogP contribution >= 0.6 is 0 Å². The van der Waals surface area contributed by atoms with Gasteiger partial charge < -0.3 is 9.47 Å². The minimum absolute atomic E-state index is 0.0344. The number of benzene rings is 1. The van der Waals surface area contributed by atoms with E-state index in [1.54, 1.807) is 0 Å². The molecule has 2 nitrogen and oxygen atoms in total. The second-order valence-electron chi connectivity index (χ2n) is 4.48. The van der Waals surface area contributed by atoms with E-state index in [0.29, 0.717) is 6.07 Å². The van der Waals surface area contributed by atoms with Gasteiger partial charge in [-0.2, -0.15) is 0 Å². The van der Waals surface area contributed by atoms with Crippen LogP contribution in [0.4, 0.5) is 17.6 Å². The number of alkyl halides is 2. The van der Waals surface area contributed by atoms with Gasteiger partial charge in [0.15, 0.2) is 6.29 Å². The predicted octanol–water partition coefficient (Wildman–Crippen LogP) is 3.13. The fraction of sp³-hybridized carbons (Fsp3) is 0.500. The van der Waals surface area contributed by atoms with Gasteiger partial charge in [-0.1, -0.05) is 0 Å². The van der Waals surface area contributed by atoms with E-state index in [2.05, 4.69) is 0 Å². The molecule has 2 aliphatic rings. The van der Waals surface area contributed by atoms with Gasteiger partial charge in [-0.25, -0.2) is 17.6 Å². The van der Waals surface area contributed by atoms with Crippen molar-refractivity contribution in [2.24, 2.45) is 0 Å². The lowest BCUT2D eigenvalue weighted by Gasteiger charge is -2.15. The van der Waals surface area contributed by atoms with E-state index in [0.717, 1.165) is 6.07 Å². The quantitative estimate of drug-likeness (QED) is 0.762. The van der Waals surface area contributed by atoms with Crippen LogP contribution in [0.3, 0.4) is 0 Å². The van der Waals surface area contributed by atoms with Crippen LogP contribution in [0.2, 0.25) is 0 Å². The summed E-state index contributed by atoms with van der Waals surface area (Å²) in [4.78, 5) is 0. The van der Waals surface area contributed by atoms with Gasteiger partial charge in [0.25, 0.3) is 5.92 Å². The van der Waals surface area contributed by atoms with Gasteiger partial charge in [0, 0.05) is 23.6 Å². The maximum Gasteiger partial charge on any atom is 0.256 e. The van der Waals surface area contributed by atoms with Crippen LogP contribution in [0.25, 0.3) is 0 Å². The Bertz CT molecular complexity index is 483. The summed E-state index contributed by atoms with van der Waals surface area (Å²) in [7, 11) is 0. The average Bonchev–Trinajstić information content (AvgIpc) is 2.75. The zero-order valence-electron chi connectivity index (χ0n) is 9.26. The number of ether oxygens (including phenoxy) is 2. The molecule has 1 aliphatic carbocycles. The fourth-order valence-electron chi connectivity index (χ4n) is 2.23. The summed E-state index contributed by atoms with van der Waals surface area (Å²) in [5.41, 5.74) is -0.152. The van der Waals surface area contributed by atoms with Gasteiger partial charge in [0.05, 0.1) is 19.1 Å². The highest BCUT2D eigenvalue weighted by atomic mass is 19.3. The first-order valence-corrected chi connectivity index (χ1v) is 5.59. The number of hydrogen-bond acceptors (Lipinski definition) is 2. The molecule has 0 bridgehead atoms. The fourth-order valence-corrected chi connectivity index (χ4v) is 2.23. The zero-order valence-corrected chi connectivity index (χ0v) is 9.26. The zero-order chi connectivity index (χ0) is 12.9. The van der Waals surface area contributed by atoms with E-state index < -0.39 is 36.2 Å². The Balaban J connectivity index is 2.05. The Kier molecular flexibility index (Phi) is 2.60. The van der Waals surface area contributed by atoms with Crippen molar-refractivity contribution >= 4 is 0 Å². The molecule has 1 saturated heterocycles. The third kappa shape index (κ3) is 1.89. The molecule has 2 fully saturated rings. The summed E-state index contributed by atoms with van der Waals surface area (Å²) in [6.07, 6.45) is -1.38. The molecular weight excluding hydrogens is 252 g/mol. The molecule has 1 saturated carbocycles. The summed E-state index contributed by atoms with van der Waals surface area (Å²) >= 11 is 0. The lowest BCUT2D eigenvalue weighted by molar-refractivity contribution is -0.0454. The Labute approximate surface area is 100 Å². The molecular formula is C12H10F4O2. The highest BCUT2D eigenvalue weighted by molar-refractivity contribution is 5.39. The lowest BCUT2D eigenvalue weighted by atomic mass is 10.0. The standard InChI is InChI=1S/C12H10F4O2/c13-6-3-7(11-17-1-2-18-11)10(9(14)4-6)8-5-12(8,15)16/h3-4,8,11H,1-2,5H2. The normalized spacial score (nSPS) is 26.6. The van der Waals surface area contributed by atoms with Crippen molar-refractivity contribution in [2.75, 3.05) is 13.2 Å². The molecule has 1 unspecified atom stereocenters. The molecule has 0 spiro atoms. The minimum Gasteiger partial charge on any atom is -0.346 e. The summed E-state index contributed by atoms with van der Waals surface area (Å²) in [5.74, 6) is -5.92. The molecule has 6 heteroatoms. The largest absolute Gasteiger partial charge is 0.346 e. The van der Waals surface area contributed by atoms with Gasteiger partial charge in [-0.3, -0.25) is 0 Å². The van der Waals surface area contributed by atoms with Gasteiger partial charge in [0.1, 0.15) is 11.6 Å². The molecule has 0 radical (unpaired) electrons. The van der Waals surface area contributed by atoms with Crippen molar-refractivity contribution in [3.05, 3.63) is 34.9 Å². The van der Waals surface area contributed by atoms with Gasteiger partial charge in [-0.15, -0.1) is 0 Å². The first-order valence-electron chi connectivity index (χ1n) is 5.59. The van der Waals surface area contributed by atoms with Crippen molar-refractivity contribution in [1.82, 2.24) is 0 Å². The van der Waals surface area contributed by atoms with Crippen molar-refractivity contribution in [3.63, 3.8) is 0 Å². The molecule has 1 atom stereocenters. The maximum absolute atomic E-state index is 13.7. The highest BCUT2D eigenvalue weighted by Gasteiger charge is 2.59. The van der Waals surface area contributed by atoms with E-state index in [-0.39, 0.29) is 24.3 Å². The minimum atomic E-state index is -2.92. The van der Waals surface area contributed by atoms with Gasteiger partial charge >= 0.3 is 0 Å². The second-order valence-corrected chi connectivity index (χ2v) is 4.48. The molecule has 1 aromatic rings. The number of rotatable bonds is 2. The molecule has 0 aromatic heterocycles. The van der Waals surface area contributed by atoms with Gasteiger partial charge in [-0.05, 0) is 6.07 Å². The van der Waals surface area contributed by atoms with Crippen LogP contribution < -0.4 is 0 Å². The van der Waals surface area contributed by atoms with Crippen molar-refractivity contribution in [3.8, 4) is 0 Å². The highest BCUT2D eigenvalue weighted by Crippen LogP contribution is 2.57. The summed E-state index contributed by atoms with van der Waals surface area (Å²) < 4.78 is 63.4. The van der Waals surface area contributed by atoms with Crippen molar-refractivity contribution in [1.29, 1.82) is 0 Å². The third-order valence-electron chi connectivity index (χ3n) is 3.18. The van der Waals surface area contributed by atoms with Crippen LogP contribution in [-0.2, 0) is 9.47 Å². The van der Waals surface area contributed by atoms with E-state index in [4.69, 9.17) is 9.47 Å². The first kappa shape index (κ1) is 11.9. The molecule has 0 amide bonds. The molecule has 1 heterocycles. The van der Waals surface area contributed by atoms with E-state index >= 15 is 0 Å². The predicted molar refractivity (Wildman–Crippen MR) is 53.3 cm³/mol. The molecule has 1 aliphatic heterocycles. The number of hydrogen-bond donors (Lipinski definition) is 0. The van der Waals surface area contributed by atoms with E-state index in [9.17, 15) is 17.6 Å². The van der Waals surface area contributed by atoms with Gasteiger partial charge in [0.2, 0.25) is 0 Å². The van der Waals surface area contributed by atoms with Crippen LogP contribution in [0.5, 0.6) is 0 Å². The Morgan fingerprint density at radius 1 is 1.11 bits per heavy atom. The summed E-state index contributed by atoms with van der Waals surface area (Å²) in [5, 5.41) is 0. The van der Waals surface area contributed by atoms with Crippen LogP contribution in [0.1, 0.15) is 29.8 Å². The third-order valence-corrected chi connectivity index (χ3v) is 3.18. The van der Waals surface area contributed by atoms with Crippen LogP contribution in [0.15, 0.2) is 12.1 Å².